The maximum absolute atomic E-state index is 5.81. The van der Waals surface area contributed by atoms with Gasteiger partial charge in [0.05, 0.1) is 11.6 Å². The van der Waals surface area contributed by atoms with Gasteiger partial charge in [-0.05, 0) is 31.0 Å². The minimum Gasteiger partial charge on any atom is -0.464 e. The lowest BCUT2D eigenvalue weighted by Gasteiger charge is -2.32. The maximum Gasteiger partial charge on any atom is 0.139 e. The van der Waals surface area contributed by atoms with E-state index in [1.54, 1.807) is 12.5 Å². The van der Waals surface area contributed by atoms with E-state index < -0.39 is 0 Å². The van der Waals surface area contributed by atoms with Gasteiger partial charge in [-0.1, -0.05) is 13.8 Å². The highest BCUT2D eigenvalue weighted by molar-refractivity contribution is 5.88. The predicted octanol–water partition coefficient (Wildman–Crippen LogP) is 2.64. The van der Waals surface area contributed by atoms with Crippen LogP contribution in [0.5, 0.6) is 0 Å². The Morgan fingerprint density at radius 3 is 2.83 bits per heavy atom. The Morgan fingerprint density at radius 2 is 2.17 bits per heavy atom. The largest absolute Gasteiger partial charge is 0.464 e. The van der Waals surface area contributed by atoms with Crippen molar-refractivity contribution >= 4 is 16.8 Å². The molecule has 2 aromatic heterocycles. The zero-order chi connectivity index (χ0) is 13.2. The van der Waals surface area contributed by atoms with E-state index in [1.165, 1.54) is 0 Å². The van der Waals surface area contributed by atoms with Crippen LogP contribution in [0.2, 0.25) is 0 Å². The first kappa shape index (κ1) is 12.9. The highest BCUT2D eigenvalue weighted by Crippen LogP contribution is 2.27. The zero-order valence-electron chi connectivity index (χ0n) is 11.3. The predicted molar refractivity (Wildman–Crippen MR) is 74.7 cm³/mol. The van der Waals surface area contributed by atoms with Crippen LogP contribution in [0.3, 0.4) is 0 Å². The standard InChI is InChI=1S/C14H21N3O/c1-4-17(10-14(2,3)9-15)13-11-6-8-18-12(11)5-7-16-13/h5-8H,4,9-10,15H2,1-3H3. The molecule has 4 nitrogen and oxygen atoms in total. The summed E-state index contributed by atoms with van der Waals surface area (Å²) in [4.78, 5) is 6.75. The Kier molecular flexibility index (Phi) is 3.57. The van der Waals surface area contributed by atoms with Crippen molar-refractivity contribution in [3.8, 4) is 0 Å². The lowest BCUT2D eigenvalue weighted by molar-refractivity contribution is 0.379. The van der Waals surface area contributed by atoms with E-state index in [4.69, 9.17) is 10.2 Å². The SMILES string of the molecule is CCN(CC(C)(C)CN)c1nccc2occc12. The number of nitrogens with zero attached hydrogens (tertiary/aromatic N) is 2. The summed E-state index contributed by atoms with van der Waals surface area (Å²) in [5.74, 6) is 0.977. The van der Waals surface area contributed by atoms with E-state index in [1.807, 2.05) is 12.1 Å². The zero-order valence-corrected chi connectivity index (χ0v) is 11.3. The van der Waals surface area contributed by atoms with Gasteiger partial charge in [0, 0.05) is 19.3 Å². The van der Waals surface area contributed by atoms with Crippen LogP contribution in [0.4, 0.5) is 5.82 Å². The van der Waals surface area contributed by atoms with Crippen molar-refractivity contribution in [1.29, 1.82) is 0 Å². The molecule has 0 fully saturated rings. The number of fused-ring (bicyclic) bond motifs is 1. The lowest BCUT2D eigenvalue weighted by Crippen LogP contribution is -2.39. The van der Waals surface area contributed by atoms with Crippen LogP contribution >= 0.6 is 0 Å². The topological polar surface area (TPSA) is 55.3 Å². The van der Waals surface area contributed by atoms with Gasteiger partial charge in [0.2, 0.25) is 0 Å². The summed E-state index contributed by atoms with van der Waals surface area (Å²) in [5, 5.41) is 1.06. The molecule has 0 radical (unpaired) electrons. The van der Waals surface area contributed by atoms with Gasteiger partial charge < -0.3 is 15.1 Å². The van der Waals surface area contributed by atoms with Gasteiger partial charge in [-0.2, -0.15) is 0 Å². The fourth-order valence-corrected chi connectivity index (χ4v) is 2.05. The monoisotopic (exact) mass is 247 g/mol. The molecule has 2 heterocycles. The van der Waals surface area contributed by atoms with E-state index in [0.717, 1.165) is 29.9 Å². The number of furan rings is 1. The van der Waals surface area contributed by atoms with E-state index in [-0.39, 0.29) is 5.41 Å². The quantitative estimate of drug-likeness (QED) is 0.882. The summed E-state index contributed by atoms with van der Waals surface area (Å²) >= 11 is 0. The number of hydrogen-bond donors (Lipinski definition) is 1. The van der Waals surface area contributed by atoms with E-state index in [9.17, 15) is 0 Å². The molecular formula is C14H21N3O. The molecule has 0 aromatic carbocycles. The molecular weight excluding hydrogens is 226 g/mol. The molecule has 0 atom stereocenters. The van der Waals surface area contributed by atoms with Crippen molar-refractivity contribution in [2.45, 2.75) is 20.8 Å². The van der Waals surface area contributed by atoms with Gasteiger partial charge in [-0.15, -0.1) is 0 Å². The summed E-state index contributed by atoms with van der Waals surface area (Å²) in [6.45, 7) is 8.92. The van der Waals surface area contributed by atoms with Gasteiger partial charge in [0.25, 0.3) is 0 Å². The molecule has 18 heavy (non-hydrogen) atoms. The van der Waals surface area contributed by atoms with Gasteiger partial charge in [-0.25, -0.2) is 4.98 Å². The molecule has 0 unspecified atom stereocenters. The second-order valence-corrected chi connectivity index (χ2v) is 5.35. The van der Waals surface area contributed by atoms with E-state index >= 15 is 0 Å². The number of hydrogen-bond acceptors (Lipinski definition) is 4. The second kappa shape index (κ2) is 4.98. The first-order chi connectivity index (χ1) is 8.57. The molecule has 0 saturated carbocycles. The molecule has 0 saturated heterocycles. The molecule has 0 aliphatic rings. The normalized spacial score (nSPS) is 12.0. The molecule has 98 valence electrons. The number of anilines is 1. The van der Waals surface area contributed by atoms with Crippen LogP contribution in [0.15, 0.2) is 29.0 Å². The van der Waals surface area contributed by atoms with Gasteiger partial charge in [-0.3, -0.25) is 0 Å². The minimum absolute atomic E-state index is 0.0730. The van der Waals surface area contributed by atoms with Crippen LogP contribution in [0.25, 0.3) is 11.0 Å². The smallest absolute Gasteiger partial charge is 0.139 e. The van der Waals surface area contributed by atoms with Crippen molar-refractivity contribution in [1.82, 2.24) is 4.98 Å². The summed E-state index contributed by atoms with van der Waals surface area (Å²) in [7, 11) is 0. The first-order valence-corrected chi connectivity index (χ1v) is 6.34. The van der Waals surface area contributed by atoms with Gasteiger partial charge >= 0.3 is 0 Å². The van der Waals surface area contributed by atoms with Crippen molar-refractivity contribution in [2.24, 2.45) is 11.1 Å². The van der Waals surface area contributed by atoms with Crippen LogP contribution in [-0.4, -0.2) is 24.6 Å². The minimum atomic E-state index is 0.0730. The summed E-state index contributed by atoms with van der Waals surface area (Å²) in [6, 6.07) is 3.86. The third-order valence-corrected chi connectivity index (χ3v) is 3.21. The third-order valence-electron chi connectivity index (χ3n) is 3.21. The Labute approximate surface area is 108 Å². The number of aromatic nitrogens is 1. The second-order valence-electron chi connectivity index (χ2n) is 5.35. The highest BCUT2D eigenvalue weighted by atomic mass is 16.3. The van der Waals surface area contributed by atoms with Crippen LogP contribution in [0.1, 0.15) is 20.8 Å². The van der Waals surface area contributed by atoms with Crippen molar-refractivity contribution in [3.63, 3.8) is 0 Å². The van der Waals surface area contributed by atoms with Crippen LogP contribution < -0.4 is 10.6 Å². The Balaban J connectivity index is 2.35. The maximum atomic E-state index is 5.81. The number of pyridine rings is 1. The average Bonchev–Trinajstić information content (AvgIpc) is 2.84. The van der Waals surface area contributed by atoms with Crippen LogP contribution in [0, 0.1) is 5.41 Å². The fourth-order valence-electron chi connectivity index (χ4n) is 2.05. The van der Waals surface area contributed by atoms with E-state index in [2.05, 4.69) is 30.7 Å². The Morgan fingerprint density at radius 1 is 1.39 bits per heavy atom. The molecule has 0 aliphatic carbocycles. The summed E-state index contributed by atoms with van der Waals surface area (Å²) in [5.41, 5.74) is 6.77. The first-order valence-electron chi connectivity index (χ1n) is 6.34. The van der Waals surface area contributed by atoms with Gasteiger partial charge in [0.1, 0.15) is 11.4 Å². The molecule has 0 bridgehead atoms. The molecule has 0 amide bonds. The summed E-state index contributed by atoms with van der Waals surface area (Å²) in [6.07, 6.45) is 3.50. The molecule has 0 spiro atoms. The molecule has 2 aromatic rings. The van der Waals surface area contributed by atoms with E-state index in [0.29, 0.717) is 6.54 Å². The average molecular weight is 247 g/mol. The van der Waals surface area contributed by atoms with Crippen molar-refractivity contribution < 1.29 is 4.42 Å². The Hall–Kier alpha value is -1.55. The molecule has 2 rings (SSSR count). The van der Waals surface area contributed by atoms with Crippen molar-refractivity contribution in [2.75, 3.05) is 24.5 Å². The number of rotatable bonds is 5. The number of nitrogens with two attached hydrogens (primary N) is 1. The summed E-state index contributed by atoms with van der Waals surface area (Å²) < 4.78 is 5.42. The highest BCUT2D eigenvalue weighted by Gasteiger charge is 2.21. The molecule has 2 N–H and O–H groups in total. The van der Waals surface area contributed by atoms with Crippen molar-refractivity contribution in [3.05, 3.63) is 24.6 Å². The van der Waals surface area contributed by atoms with Gasteiger partial charge in [0.15, 0.2) is 0 Å². The fraction of sp³-hybridized carbons (Fsp3) is 0.500. The molecule has 4 heteroatoms. The lowest BCUT2D eigenvalue weighted by atomic mass is 9.93. The Bertz CT molecular complexity index is 518. The molecule has 0 aliphatic heterocycles. The van der Waals surface area contributed by atoms with Crippen LogP contribution in [-0.2, 0) is 0 Å². The third kappa shape index (κ3) is 2.48.